The van der Waals surface area contributed by atoms with Crippen LogP contribution in [-0.4, -0.2) is 0 Å². The molecule has 0 radical (unpaired) electrons. The number of hydrogen-bond donors (Lipinski definition) is 0. The smallest absolute Gasteiger partial charge is 0.0000249 e. The Morgan fingerprint density at radius 2 is 0.386 bits per heavy atom. The highest BCUT2D eigenvalue weighted by Crippen LogP contribution is 2.60. The minimum absolute atomic E-state index is 1.34. The van der Waals surface area contributed by atoms with Crippen molar-refractivity contribution in [2.75, 3.05) is 0 Å². The molecule has 0 nitrogen and oxygen atoms in total. The van der Waals surface area contributed by atoms with Crippen molar-refractivity contribution in [3.63, 3.8) is 0 Å². The zero-order chi connectivity index (χ0) is 27.7. The van der Waals surface area contributed by atoms with E-state index in [4.69, 9.17) is 0 Å². The molecule has 0 saturated carbocycles. The van der Waals surface area contributed by atoms with Gasteiger partial charge in [-0.05, 0) is 140 Å². The monoisotopic (exact) mass is 546 g/mol. The minimum atomic E-state index is 1.34. The van der Waals surface area contributed by atoms with Gasteiger partial charge in [0.25, 0.3) is 0 Å². The molecule has 0 heteroatoms. The van der Waals surface area contributed by atoms with E-state index < -0.39 is 0 Å². The van der Waals surface area contributed by atoms with E-state index in [0.29, 0.717) is 0 Å². The highest BCUT2D eigenvalue weighted by Gasteiger charge is 2.31. The predicted molar refractivity (Wildman–Crippen MR) is 192 cm³/mol. The van der Waals surface area contributed by atoms with Crippen LogP contribution < -0.4 is 0 Å². The van der Waals surface area contributed by atoms with Gasteiger partial charge in [-0.1, -0.05) is 109 Å². The van der Waals surface area contributed by atoms with Gasteiger partial charge in [-0.3, -0.25) is 0 Å². The van der Waals surface area contributed by atoms with Crippen LogP contribution in [0.15, 0.2) is 109 Å². The summed E-state index contributed by atoms with van der Waals surface area (Å²) in [5.41, 5.74) is 0. The van der Waals surface area contributed by atoms with Crippen molar-refractivity contribution in [1.29, 1.82) is 0 Å². The second kappa shape index (κ2) is 6.02. The molecule has 14 aromatic carbocycles. The first kappa shape index (κ1) is 20.2. The van der Waals surface area contributed by atoms with Crippen molar-refractivity contribution in [2.24, 2.45) is 0 Å². The van der Waals surface area contributed by atoms with Crippen LogP contribution >= 0.6 is 0 Å². The first-order valence-electron chi connectivity index (χ1n) is 15.7. The van der Waals surface area contributed by atoms with E-state index in [1.54, 1.807) is 0 Å². The third-order valence-corrected chi connectivity index (χ3v) is 11.9. The third-order valence-electron chi connectivity index (χ3n) is 11.9. The van der Waals surface area contributed by atoms with E-state index in [1.165, 1.54) is 140 Å². The first-order valence-corrected chi connectivity index (χ1v) is 15.7. The molecule has 14 aromatic rings. The van der Waals surface area contributed by atoms with Crippen LogP contribution in [0.25, 0.3) is 140 Å². The Kier molecular flexibility index (Phi) is 2.77. The normalized spacial score (nSPS) is 13.9. The standard InChI is InChI=1S/C44H18/c1-5-21-22-6-2-8-24-26-10-4-12-28-30-18-16-20-14-13-19-15-17-29-27-11-3-9-25-23(7-1)33(21)39-40(34(22)24)42(36(26)28)44-38(30)32(20)31(19)37(29)43(44)41(39)35(25)27/h1-18H. The molecular formula is C44H18. The van der Waals surface area contributed by atoms with Crippen molar-refractivity contribution in [2.45, 2.75) is 0 Å². The van der Waals surface area contributed by atoms with Crippen molar-refractivity contribution < 1.29 is 0 Å². The lowest BCUT2D eigenvalue weighted by Gasteiger charge is -2.29. The number of hydrogen-bond acceptors (Lipinski definition) is 0. The molecule has 0 fully saturated rings. The molecule has 0 amide bonds. The van der Waals surface area contributed by atoms with Crippen LogP contribution in [0.4, 0.5) is 0 Å². The van der Waals surface area contributed by atoms with Gasteiger partial charge in [0, 0.05) is 0 Å². The Hall–Kier alpha value is -5.72. The summed E-state index contributed by atoms with van der Waals surface area (Å²) < 4.78 is 0. The van der Waals surface area contributed by atoms with Crippen LogP contribution in [0.3, 0.4) is 0 Å². The van der Waals surface area contributed by atoms with Crippen LogP contribution in [0.5, 0.6) is 0 Å². The van der Waals surface area contributed by atoms with Gasteiger partial charge in [0.2, 0.25) is 0 Å². The van der Waals surface area contributed by atoms with E-state index in [-0.39, 0.29) is 0 Å². The average molecular weight is 547 g/mol. The fourth-order valence-electron chi connectivity index (χ4n) is 10.5. The van der Waals surface area contributed by atoms with Gasteiger partial charge in [-0.15, -0.1) is 0 Å². The van der Waals surface area contributed by atoms with Gasteiger partial charge in [-0.25, -0.2) is 0 Å². The molecule has 0 bridgehead atoms. The molecule has 0 aliphatic rings. The lowest BCUT2D eigenvalue weighted by molar-refractivity contribution is 1.81. The third kappa shape index (κ3) is 1.74. The van der Waals surface area contributed by atoms with Crippen molar-refractivity contribution in [3.05, 3.63) is 109 Å². The lowest BCUT2D eigenvalue weighted by atomic mass is 9.73. The molecule has 0 spiro atoms. The van der Waals surface area contributed by atoms with Gasteiger partial charge < -0.3 is 0 Å². The fourth-order valence-corrected chi connectivity index (χ4v) is 10.5. The number of fused-ring (bicyclic) bond motifs is 5. The molecule has 44 heavy (non-hydrogen) atoms. The Morgan fingerprint density at radius 3 is 0.682 bits per heavy atom. The topological polar surface area (TPSA) is 0 Å². The van der Waals surface area contributed by atoms with Crippen LogP contribution in [-0.2, 0) is 0 Å². The van der Waals surface area contributed by atoms with E-state index in [2.05, 4.69) is 109 Å². The summed E-state index contributed by atoms with van der Waals surface area (Å²) in [7, 11) is 0. The summed E-state index contributed by atoms with van der Waals surface area (Å²) >= 11 is 0. The summed E-state index contributed by atoms with van der Waals surface area (Å²) in [6.45, 7) is 0. The minimum Gasteiger partial charge on any atom is -0.0610 e. The molecule has 0 aromatic heterocycles. The van der Waals surface area contributed by atoms with Gasteiger partial charge in [0.05, 0.1) is 0 Å². The zero-order valence-electron chi connectivity index (χ0n) is 23.4. The van der Waals surface area contributed by atoms with E-state index >= 15 is 0 Å². The second-order valence-corrected chi connectivity index (χ2v) is 13.4. The summed E-state index contributed by atoms with van der Waals surface area (Å²) in [5, 5.41) is 36.9. The molecule has 0 atom stereocenters. The molecule has 0 aliphatic heterocycles. The van der Waals surface area contributed by atoms with Gasteiger partial charge in [-0.2, -0.15) is 0 Å². The Bertz CT molecular complexity index is 3260. The maximum absolute atomic E-state index is 2.41. The fraction of sp³-hybridized carbons (Fsp3) is 0. The highest BCUT2D eigenvalue weighted by molar-refractivity contribution is 6.62. The molecule has 0 N–H and O–H groups in total. The Morgan fingerprint density at radius 1 is 0.159 bits per heavy atom. The van der Waals surface area contributed by atoms with Gasteiger partial charge in [0.15, 0.2) is 0 Å². The average Bonchev–Trinajstić information content (AvgIpc) is 3.09. The molecule has 0 heterocycles. The summed E-state index contributed by atoms with van der Waals surface area (Å²) in [6.07, 6.45) is 0. The summed E-state index contributed by atoms with van der Waals surface area (Å²) in [5.74, 6) is 0. The van der Waals surface area contributed by atoms with Crippen LogP contribution in [0.2, 0.25) is 0 Å². The van der Waals surface area contributed by atoms with Gasteiger partial charge >= 0.3 is 0 Å². The largest absolute Gasteiger partial charge is 0.0610 e. The SMILES string of the molecule is c1cc2c3cccc4c5cccc6c7ccc8ccc9ccc%10c%11cccc%12c(c1)c2c1c(c34)c(c56)c2c7c8c9c%10c2c1c%12%11. The summed E-state index contributed by atoms with van der Waals surface area (Å²) in [6, 6.07) is 42.4. The quantitative estimate of drug-likeness (QED) is 0.131. The zero-order valence-corrected chi connectivity index (χ0v) is 23.4. The van der Waals surface area contributed by atoms with Crippen molar-refractivity contribution in [3.8, 4) is 0 Å². The highest BCUT2D eigenvalue weighted by atomic mass is 14.3. The second-order valence-electron chi connectivity index (χ2n) is 13.4. The molecular weight excluding hydrogens is 528 g/mol. The maximum atomic E-state index is 2.41. The summed E-state index contributed by atoms with van der Waals surface area (Å²) in [4.78, 5) is 0. The lowest BCUT2D eigenvalue weighted by Crippen LogP contribution is -2.00. The van der Waals surface area contributed by atoms with E-state index in [9.17, 15) is 0 Å². The molecule has 14 rings (SSSR count). The van der Waals surface area contributed by atoms with E-state index in [1.807, 2.05) is 0 Å². The predicted octanol–water partition coefficient (Wildman–Crippen LogP) is 12.7. The Labute approximate surface area is 248 Å². The molecule has 0 saturated heterocycles. The Balaban J connectivity index is 1.59. The molecule has 194 valence electrons. The van der Waals surface area contributed by atoms with Gasteiger partial charge in [0.1, 0.15) is 0 Å². The van der Waals surface area contributed by atoms with E-state index in [0.717, 1.165) is 0 Å². The first-order chi connectivity index (χ1) is 21.9. The molecule has 0 aliphatic carbocycles. The van der Waals surface area contributed by atoms with Crippen molar-refractivity contribution >= 4 is 140 Å². The van der Waals surface area contributed by atoms with Crippen LogP contribution in [0.1, 0.15) is 0 Å². The van der Waals surface area contributed by atoms with Crippen LogP contribution in [0, 0.1) is 0 Å². The molecule has 0 unspecified atom stereocenters. The number of rotatable bonds is 0. The maximum Gasteiger partial charge on any atom is -0.0000249 e. The number of benzene rings is 14. The van der Waals surface area contributed by atoms with Crippen molar-refractivity contribution in [1.82, 2.24) is 0 Å².